The number of allylic oxidation sites excluding steroid dienone is 1. The van der Waals surface area contributed by atoms with Crippen molar-refractivity contribution in [2.75, 3.05) is 13.7 Å². The van der Waals surface area contributed by atoms with E-state index < -0.39 is 0 Å². The van der Waals surface area contributed by atoms with Crippen LogP contribution in [0.15, 0.2) is 40.5 Å². The van der Waals surface area contributed by atoms with Crippen LogP contribution in [-0.2, 0) is 9.57 Å². The molecule has 10 atom stereocenters. The number of ether oxygens (including phenoxy) is 1. The van der Waals surface area contributed by atoms with Gasteiger partial charge in [-0.1, -0.05) is 23.4 Å². The third kappa shape index (κ3) is 3.37. The van der Waals surface area contributed by atoms with Gasteiger partial charge in [0, 0.05) is 49.2 Å². The molecule has 8 nitrogen and oxygen atoms in total. The molecule has 0 saturated carbocycles. The summed E-state index contributed by atoms with van der Waals surface area (Å²) in [6.45, 7) is 9.86. The highest BCUT2D eigenvalue weighted by atomic mass is 16.6. The predicted octanol–water partition coefficient (Wildman–Crippen LogP) is 1.60. The summed E-state index contributed by atoms with van der Waals surface area (Å²) in [5.41, 5.74) is 3.85. The van der Waals surface area contributed by atoms with Crippen LogP contribution < -0.4 is 21.3 Å². The molecule has 5 heterocycles. The smallest absolute Gasteiger partial charge is 0.133 e. The van der Waals surface area contributed by atoms with Crippen LogP contribution in [0.3, 0.4) is 0 Å². The average molecular weight is 455 g/mol. The maximum absolute atomic E-state index is 6.11. The molecule has 0 spiro atoms. The Morgan fingerprint density at radius 1 is 1.21 bits per heavy atom. The van der Waals surface area contributed by atoms with Crippen LogP contribution in [0.1, 0.15) is 40.5 Å². The van der Waals surface area contributed by atoms with Crippen LogP contribution in [0.25, 0.3) is 0 Å². The number of oxime groups is 1. The zero-order chi connectivity index (χ0) is 22.9. The first kappa shape index (κ1) is 21.6. The van der Waals surface area contributed by atoms with Crippen molar-refractivity contribution in [1.29, 1.82) is 0 Å². The average Bonchev–Trinajstić information content (AvgIpc) is 3.43. The summed E-state index contributed by atoms with van der Waals surface area (Å²) < 4.78 is 6.11. The van der Waals surface area contributed by atoms with Gasteiger partial charge in [0.15, 0.2) is 0 Å². The van der Waals surface area contributed by atoms with E-state index in [0.717, 1.165) is 25.1 Å². The summed E-state index contributed by atoms with van der Waals surface area (Å²) in [5, 5.41) is 19.5. The maximum atomic E-state index is 6.11. The van der Waals surface area contributed by atoms with E-state index in [1.54, 1.807) is 0 Å². The van der Waals surface area contributed by atoms with Crippen molar-refractivity contribution in [3.63, 3.8) is 0 Å². The summed E-state index contributed by atoms with van der Waals surface area (Å²) in [5.74, 6) is 2.04. The lowest BCUT2D eigenvalue weighted by Gasteiger charge is -2.43. The maximum Gasteiger partial charge on any atom is 0.133 e. The second kappa shape index (κ2) is 8.12. The first-order valence-corrected chi connectivity index (χ1v) is 12.6. The summed E-state index contributed by atoms with van der Waals surface area (Å²) in [6, 6.07) is 1.10. The molecule has 0 amide bonds. The summed E-state index contributed by atoms with van der Waals surface area (Å²) in [7, 11) is 1.85. The van der Waals surface area contributed by atoms with E-state index in [9.17, 15) is 0 Å². The molecule has 0 aromatic carbocycles. The van der Waals surface area contributed by atoms with Crippen molar-refractivity contribution in [3.05, 3.63) is 35.3 Å². The number of fused-ring (bicyclic) bond motifs is 3. The van der Waals surface area contributed by atoms with Gasteiger partial charge in [0.25, 0.3) is 0 Å². The molecular weight excluding hydrogens is 416 g/mol. The van der Waals surface area contributed by atoms with Gasteiger partial charge in [-0.15, -0.1) is 0 Å². The highest BCUT2D eigenvalue weighted by Crippen LogP contribution is 2.46. The molecule has 0 radical (unpaired) electrons. The van der Waals surface area contributed by atoms with E-state index in [1.807, 2.05) is 7.11 Å². The summed E-state index contributed by atoms with van der Waals surface area (Å²) in [4.78, 5) is 8.28. The Morgan fingerprint density at radius 3 is 2.82 bits per heavy atom. The number of nitrogens with one attached hydrogen (secondary N) is 4. The summed E-state index contributed by atoms with van der Waals surface area (Å²) in [6.07, 6.45) is 9.92. The van der Waals surface area contributed by atoms with Crippen molar-refractivity contribution in [1.82, 2.24) is 26.2 Å². The molecule has 8 heteroatoms. The van der Waals surface area contributed by atoms with Gasteiger partial charge in [-0.2, -0.15) is 0 Å². The third-order valence-corrected chi connectivity index (χ3v) is 8.67. The molecule has 180 valence electrons. The van der Waals surface area contributed by atoms with Crippen LogP contribution >= 0.6 is 0 Å². The quantitative estimate of drug-likeness (QED) is 0.482. The predicted molar refractivity (Wildman–Crippen MR) is 128 cm³/mol. The van der Waals surface area contributed by atoms with Crippen LogP contribution in [0, 0.1) is 17.8 Å². The minimum Gasteiger partial charge on any atom is -0.392 e. The van der Waals surface area contributed by atoms with Gasteiger partial charge in [-0.25, -0.2) is 0 Å². The fourth-order valence-electron chi connectivity index (χ4n) is 7.28. The van der Waals surface area contributed by atoms with Crippen LogP contribution in [0.4, 0.5) is 0 Å². The van der Waals surface area contributed by atoms with Gasteiger partial charge < -0.3 is 20.2 Å². The Balaban J connectivity index is 1.34. The standard InChI is InChI=1S/C25H38N6O2/c1-12-21(14(3)33-30-12)17-10-18-16(11-19(17)32-5)22-23(27-15(4)28-25(22)29-18)24-13(2)26-20-8-6-7-9-31(20)24/h6,8,10,13-17,19-21,23-24,26-29H,7,9,11H2,1-5H3/t13?,14?,15-,16-,17-,19?,20?,21+,23+,24-/m1/s1. The van der Waals surface area contributed by atoms with E-state index >= 15 is 0 Å². The van der Waals surface area contributed by atoms with Gasteiger partial charge in [0.05, 0.1) is 30.2 Å². The molecule has 6 aliphatic rings. The monoisotopic (exact) mass is 454 g/mol. The van der Waals surface area contributed by atoms with Gasteiger partial charge in [-0.3, -0.25) is 15.5 Å². The van der Waals surface area contributed by atoms with Crippen molar-refractivity contribution < 1.29 is 9.57 Å². The van der Waals surface area contributed by atoms with E-state index in [0.29, 0.717) is 24.2 Å². The van der Waals surface area contributed by atoms with Crippen molar-refractivity contribution in [3.8, 4) is 0 Å². The van der Waals surface area contributed by atoms with Crippen LogP contribution in [0.2, 0.25) is 0 Å². The lowest BCUT2D eigenvalue weighted by atomic mass is 9.71. The zero-order valence-electron chi connectivity index (χ0n) is 20.3. The Bertz CT molecular complexity index is 928. The Hall–Kier alpha value is -1.87. The first-order valence-electron chi connectivity index (χ1n) is 12.6. The van der Waals surface area contributed by atoms with Crippen molar-refractivity contribution in [2.45, 2.75) is 83.2 Å². The molecule has 6 rings (SSSR count). The van der Waals surface area contributed by atoms with Gasteiger partial charge >= 0.3 is 0 Å². The fraction of sp³-hybridized carbons (Fsp3) is 0.720. The van der Waals surface area contributed by atoms with E-state index in [1.165, 1.54) is 17.1 Å². The zero-order valence-corrected chi connectivity index (χ0v) is 20.3. The Morgan fingerprint density at radius 2 is 2.06 bits per heavy atom. The molecule has 5 aliphatic heterocycles. The highest BCUT2D eigenvalue weighted by molar-refractivity contribution is 5.86. The first-order chi connectivity index (χ1) is 16.0. The van der Waals surface area contributed by atoms with Gasteiger partial charge in [-0.05, 0) is 46.1 Å². The Labute approximate surface area is 196 Å². The van der Waals surface area contributed by atoms with E-state index in [4.69, 9.17) is 9.57 Å². The molecule has 1 saturated heterocycles. The highest BCUT2D eigenvalue weighted by Gasteiger charge is 2.52. The van der Waals surface area contributed by atoms with Crippen molar-refractivity contribution in [2.24, 2.45) is 22.9 Å². The molecule has 33 heavy (non-hydrogen) atoms. The molecule has 0 aromatic heterocycles. The molecule has 4 N–H and O–H groups in total. The van der Waals surface area contributed by atoms with E-state index in [2.05, 4.69) is 77.2 Å². The largest absolute Gasteiger partial charge is 0.392 e. The second-order valence-corrected chi connectivity index (χ2v) is 10.6. The minimum absolute atomic E-state index is 0.0760. The van der Waals surface area contributed by atoms with Crippen molar-refractivity contribution >= 4 is 5.71 Å². The second-order valence-electron chi connectivity index (χ2n) is 10.6. The molecule has 1 aliphatic carbocycles. The SMILES string of the molecule is COC1C[C@@H]2C(=C[C@H]1[C@H]1C(C)=NOC1C)NC1=C2[C@@H]([C@H]2C(C)NC3C=CCCN32)N[C@@H](C)N1. The molecule has 4 unspecified atom stereocenters. The normalized spacial score (nSPS) is 46.6. The third-order valence-electron chi connectivity index (χ3n) is 8.67. The minimum atomic E-state index is 0.0760. The number of hydrogen-bond acceptors (Lipinski definition) is 8. The number of hydrogen-bond donors (Lipinski definition) is 4. The molecular formula is C25H38N6O2. The van der Waals surface area contributed by atoms with Gasteiger partial charge in [0.1, 0.15) is 11.9 Å². The number of nitrogens with zero attached hydrogens (tertiary/aromatic N) is 2. The molecule has 1 fully saturated rings. The number of rotatable bonds is 3. The fourth-order valence-corrected chi connectivity index (χ4v) is 7.28. The topological polar surface area (TPSA) is 82.2 Å². The lowest BCUT2D eigenvalue weighted by molar-refractivity contribution is 0.00369. The molecule has 0 aromatic rings. The van der Waals surface area contributed by atoms with Crippen LogP contribution in [0.5, 0.6) is 0 Å². The van der Waals surface area contributed by atoms with E-state index in [-0.39, 0.29) is 36.3 Å². The number of methoxy groups -OCH3 is 1. The lowest BCUT2D eigenvalue weighted by Crippen LogP contribution is -2.61. The van der Waals surface area contributed by atoms with Crippen LogP contribution in [-0.4, -0.2) is 66.9 Å². The Kier molecular flexibility index (Phi) is 5.32. The molecule has 0 bridgehead atoms. The van der Waals surface area contributed by atoms with Gasteiger partial charge in [0.2, 0.25) is 0 Å². The summed E-state index contributed by atoms with van der Waals surface area (Å²) >= 11 is 0.